The van der Waals surface area contributed by atoms with E-state index < -0.39 is 16.9 Å². The third kappa shape index (κ3) is 0.935. The molecule has 1 unspecified atom stereocenters. The SMILES string of the molecule is CC1(C=O)C=CCn2c(=O)[nH]c(=O)n21. The summed E-state index contributed by atoms with van der Waals surface area (Å²) in [6.45, 7) is 1.88. The van der Waals surface area contributed by atoms with Crippen LogP contribution in [-0.2, 0) is 16.9 Å². The predicted molar refractivity (Wildman–Crippen MR) is 48.2 cm³/mol. The summed E-state index contributed by atoms with van der Waals surface area (Å²) in [5, 5.41) is 0. The van der Waals surface area contributed by atoms with Crippen molar-refractivity contribution in [2.75, 3.05) is 0 Å². The van der Waals surface area contributed by atoms with Gasteiger partial charge in [-0.05, 0) is 6.92 Å². The van der Waals surface area contributed by atoms with Crippen LogP contribution < -0.4 is 11.4 Å². The lowest BCUT2D eigenvalue weighted by atomic mass is 10.0. The van der Waals surface area contributed by atoms with E-state index in [0.717, 1.165) is 4.68 Å². The second-order valence-electron chi connectivity index (χ2n) is 3.38. The fourth-order valence-electron chi connectivity index (χ4n) is 1.60. The van der Waals surface area contributed by atoms with Gasteiger partial charge < -0.3 is 4.79 Å². The van der Waals surface area contributed by atoms with E-state index in [1.165, 1.54) is 4.68 Å². The number of aldehydes is 1. The van der Waals surface area contributed by atoms with Gasteiger partial charge in [0.25, 0.3) is 0 Å². The van der Waals surface area contributed by atoms with Crippen LogP contribution in [0.5, 0.6) is 0 Å². The van der Waals surface area contributed by atoms with Crippen molar-refractivity contribution in [2.45, 2.75) is 19.0 Å². The van der Waals surface area contributed by atoms with Crippen LogP contribution in [0.2, 0.25) is 0 Å². The topological polar surface area (TPSA) is 76.9 Å². The highest BCUT2D eigenvalue weighted by molar-refractivity contribution is 5.64. The van der Waals surface area contributed by atoms with Crippen molar-refractivity contribution in [3.05, 3.63) is 33.1 Å². The third-order valence-corrected chi connectivity index (χ3v) is 2.31. The van der Waals surface area contributed by atoms with E-state index in [2.05, 4.69) is 4.98 Å². The lowest BCUT2D eigenvalue weighted by molar-refractivity contribution is -0.113. The Labute approximate surface area is 78.4 Å². The van der Waals surface area contributed by atoms with Crippen molar-refractivity contribution in [1.29, 1.82) is 0 Å². The molecule has 6 nitrogen and oxygen atoms in total. The van der Waals surface area contributed by atoms with Crippen LogP contribution >= 0.6 is 0 Å². The minimum Gasteiger partial charge on any atom is -0.300 e. The number of aromatic nitrogens is 3. The standard InChI is InChI=1S/C8H9N3O3/c1-8(5-12)3-2-4-10-6(13)9-7(14)11(8)10/h2-3,5H,4H2,1H3,(H,9,13,14). The molecule has 2 rings (SSSR count). The Morgan fingerprint density at radius 1 is 1.50 bits per heavy atom. The van der Waals surface area contributed by atoms with Gasteiger partial charge >= 0.3 is 11.4 Å². The van der Waals surface area contributed by atoms with E-state index in [4.69, 9.17) is 0 Å². The van der Waals surface area contributed by atoms with Crippen molar-refractivity contribution >= 4 is 6.29 Å². The van der Waals surface area contributed by atoms with Crippen molar-refractivity contribution < 1.29 is 4.79 Å². The van der Waals surface area contributed by atoms with Gasteiger partial charge in [-0.15, -0.1) is 0 Å². The van der Waals surface area contributed by atoms with Gasteiger partial charge in [0, 0.05) is 0 Å². The number of hydrogen-bond donors (Lipinski definition) is 1. The highest BCUT2D eigenvalue weighted by Gasteiger charge is 2.30. The van der Waals surface area contributed by atoms with Gasteiger partial charge in [-0.25, -0.2) is 19.0 Å². The zero-order valence-electron chi connectivity index (χ0n) is 7.56. The van der Waals surface area contributed by atoms with Crippen LogP contribution in [0.15, 0.2) is 21.7 Å². The van der Waals surface area contributed by atoms with Gasteiger partial charge in [-0.1, -0.05) is 12.2 Å². The maximum Gasteiger partial charge on any atom is 0.345 e. The Bertz CT molecular complexity index is 519. The summed E-state index contributed by atoms with van der Waals surface area (Å²) < 4.78 is 2.33. The molecule has 6 heteroatoms. The third-order valence-electron chi connectivity index (χ3n) is 2.31. The van der Waals surface area contributed by atoms with E-state index >= 15 is 0 Å². The maximum atomic E-state index is 11.4. The minimum absolute atomic E-state index is 0.307. The Balaban J connectivity index is 2.83. The summed E-state index contributed by atoms with van der Waals surface area (Å²) in [6.07, 6.45) is 3.92. The van der Waals surface area contributed by atoms with Crippen LogP contribution in [-0.4, -0.2) is 20.6 Å². The number of nitrogens with one attached hydrogen (secondary N) is 1. The highest BCUT2D eigenvalue weighted by atomic mass is 16.2. The molecule has 1 aromatic rings. The van der Waals surface area contributed by atoms with Gasteiger partial charge in [0.2, 0.25) is 0 Å². The van der Waals surface area contributed by atoms with Crippen molar-refractivity contribution in [3.8, 4) is 0 Å². The number of nitrogens with zero attached hydrogens (tertiary/aromatic N) is 2. The second kappa shape index (κ2) is 2.57. The van der Waals surface area contributed by atoms with Crippen LogP contribution in [0.25, 0.3) is 0 Å². The molecule has 0 bridgehead atoms. The quantitative estimate of drug-likeness (QED) is 0.452. The first-order valence-electron chi connectivity index (χ1n) is 4.15. The normalized spacial score (nSPS) is 24.6. The molecule has 0 fully saturated rings. The average molecular weight is 195 g/mol. The van der Waals surface area contributed by atoms with E-state index in [9.17, 15) is 14.4 Å². The minimum atomic E-state index is -1.06. The zero-order valence-corrected chi connectivity index (χ0v) is 7.56. The number of fused-ring (bicyclic) bond motifs is 1. The highest BCUT2D eigenvalue weighted by Crippen LogP contribution is 2.14. The molecule has 0 saturated heterocycles. The lowest BCUT2D eigenvalue weighted by Crippen LogP contribution is -2.44. The Hall–Kier alpha value is -1.85. The Morgan fingerprint density at radius 2 is 2.21 bits per heavy atom. The van der Waals surface area contributed by atoms with Gasteiger partial charge in [0.05, 0.1) is 6.54 Å². The number of H-pyrrole nitrogens is 1. The van der Waals surface area contributed by atoms with E-state index in [1.807, 2.05) is 0 Å². The Morgan fingerprint density at radius 3 is 2.86 bits per heavy atom. The summed E-state index contributed by atoms with van der Waals surface area (Å²) in [4.78, 5) is 35.6. The first-order valence-corrected chi connectivity index (χ1v) is 4.15. The van der Waals surface area contributed by atoms with Gasteiger partial charge in [-0.3, -0.25) is 4.98 Å². The van der Waals surface area contributed by atoms with E-state index in [-0.39, 0.29) is 0 Å². The zero-order chi connectivity index (χ0) is 10.3. The molecule has 0 spiro atoms. The molecule has 0 aliphatic carbocycles. The number of carbonyl (C=O) groups is 1. The molecule has 1 atom stereocenters. The number of carbonyl (C=O) groups excluding carboxylic acids is 1. The number of rotatable bonds is 1. The monoisotopic (exact) mass is 195 g/mol. The molecule has 1 aromatic heterocycles. The molecule has 0 radical (unpaired) electrons. The van der Waals surface area contributed by atoms with Crippen LogP contribution in [0.1, 0.15) is 6.92 Å². The van der Waals surface area contributed by atoms with Crippen LogP contribution in [0.3, 0.4) is 0 Å². The van der Waals surface area contributed by atoms with Gasteiger partial charge in [0.15, 0.2) is 6.29 Å². The van der Waals surface area contributed by atoms with Crippen molar-refractivity contribution in [3.63, 3.8) is 0 Å². The molecule has 2 heterocycles. The summed E-state index contributed by atoms with van der Waals surface area (Å²) in [7, 11) is 0. The molecule has 1 aliphatic rings. The Kier molecular flexibility index (Phi) is 1.60. The molecular formula is C8H9N3O3. The smallest absolute Gasteiger partial charge is 0.300 e. The average Bonchev–Trinajstić information content (AvgIpc) is 2.44. The largest absolute Gasteiger partial charge is 0.345 e. The fraction of sp³-hybridized carbons (Fsp3) is 0.375. The lowest BCUT2D eigenvalue weighted by Gasteiger charge is -2.25. The summed E-state index contributed by atoms with van der Waals surface area (Å²) in [6, 6.07) is 0. The van der Waals surface area contributed by atoms with Crippen LogP contribution in [0.4, 0.5) is 0 Å². The van der Waals surface area contributed by atoms with Crippen LogP contribution in [0, 0.1) is 0 Å². The molecule has 1 aliphatic heterocycles. The van der Waals surface area contributed by atoms with Gasteiger partial charge in [0.1, 0.15) is 5.54 Å². The molecule has 74 valence electrons. The molecule has 0 amide bonds. The molecule has 0 saturated carbocycles. The van der Waals surface area contributed by atoms with Crippen molar-refractivity contribution in [1.82, 2.24) is 14.3 Å². The maximum absolute atomic E-state index is 11.4. The van der Waals surface area contributed by atoms with Gasteiger partial charge in [-0.2, -0.15) is 0 Å². The predicted octanol–water partition coefficient (Wildman–Crippen LogP) is -1.18. The summed E-state index contributed by atoms with van der Waals surface area (Å²) in [5.74, 6) is 0. The number of allylic oxidation sites excluding steroid dienone is 2. The molecule has 1 N–H and O–H groups in total. The summed E-state index contributed by atoms with van der Waals surface area (Å²) >= 11 is 0. The van der Waals surface area contributed by atoms with E-state index in [1.54, 1.807) is 19.1 Å². The first kappa shape index (κ1) is 8.74. The molecule has 14 heavy (non-hydrogen) atoms. The molecular weight excluding hydrogens is 186 g/mol. The van der Waals surface area contributed by atoms with Crippen molar-refractivity contribution in [2.24, 2.45) is 0 Å². The molecule has 0 aromatic carbocycles. The second-order valence-corrected chi connectivity index (χ2v) is 3.38. The number of hydrogen-bond acceptors (Lipinski definition) is 3. The fourth-order valence-corrected chi connectivity index (χ4v) is 1.60. The first-order chi connectivity index (χ1) is 6.58. The summed E-state index contributed by atoms with van der Waals surface area (Å²) in [5.41, 5.74) is -2.12. The van der Waals surface area contributed by atoms with E-state index in [0.29, 0.717) is 12.8 Å². The number of aromatic amines is 1.